The summed E-state index contributed by atoms with van der Waals surface area (Å²) in [5, 5.41) is 6.34. The number of benzene rings is 1. The molecule has 1 aromatic carbocycles. The Balaban J connectivity index is 1.80. The number of ether oxygens (including phenoxy) is 1. The number of nitrogens with one attached hydrogen (secondary N) is 2. The Morgan fingerprint density at radius 1 is 1.37 bits per heavy atom. The summed E-state index contributed by atoms with van der Waals surface area (Å²) < 4.78 is 5.58. The zero-order valence-corrected chi connectivity index (χ0v) is 11.6. The first-order valence-corrected chi connectivity index (χ1v) is 6.85. The van der Waals surface area contributed by atoms with Crippen molar-refractivity contribution in [2.45, 2.75) is 26.5 Å². The minimum atomic E-state index is 0.0405. The van der Waals surface area contributed by atoms with Crippen molar-refractivity contribution in [3.05, 3.63) is 35.4 Å². The van der Waals surface area contributed by atoms with Crippen molar-refractivity contribution in [3.63, 3.8) is 0 Å². The number of rotatable bonds is 5. The van der Waals surface area contributed by atoms with Crippen LogP contribution in [-0.4, -0.2) is 25.6 Å². The smallest absolute Gasteiger partial charge is 0.222 e. The molecule has 2 rings (SSSR count). The van der Waals surface area contributed by atoms with Crippen LogP contribution in [0.4, 0.5) is 0 Å². The van der Waals surface area contributed by atoms with Gasteiger partial charge in [-0.25, -0.2) is 0 Å². The van der Waals surface area contributed by atoms with Gasteiger partial charge in [0.15, 0.2) is 0 Å². The van der Waals surface area contributed by atoms with E-state index in [1.165, 1.54) is 11.1 Å². The molecule has 1 heterocycles. The third kappa shape index (κ3) is 3.78. The van der Waals surface area contributed by atoms with Gasteiger partial charge in [-0.3, -0.25) is 4.79 Å². The van der Waals surface area contributed by atoms with Crippen LogP contribution < -0.4 is 10.6 Å². The van der Waals surface area contributed by atoms with Gasteiger partial charge in [0.1, 0.15) is 0 Å². The van der Waals surface area contributed by atoms with Gasteiger partial charge >= 0.3 is 0 Å². The van der Waals surface area contributed by atoms with E-state index < -0.39 is 0 Å². The van der Waals surface area contributed by atoms with Crippen molar-refractivity contribution in [2.24, 2.45) is 5.92 Å². The van der Waals surface area contributed by atoms with E-state index in [2.05, 4.69) is 28.8 Å². The highest BCUT2D eigenvalue weighted by atomic mass is 16.5. The van der Waals surface area contributed by atoms with Crippen LogP contribution in [0.3, 0.4) is 0 Å². The predicted octanol–water partition coefficient (Wildman–Crippen LogP) is 1.62. The van der Waals surface area contributed by atoms with Crippen molar-refractivity contribution in [1.82, 2.24) is 10.6 Å². The third-order valence-corrected chi connectivity index (χ3v) is 3.31. The number of amides is 1. The monoisotopic (exact) mass is 262 g/mol. The average Bonchev–Trinajstić information content (AvgIpc) is 2.43. The molecule has 1 aliphatic rings. The molecule has 0 saturated carbocycles. The largest absolute Gasteiger partial charge is 0.375 e. The second-order valence-corrected chi connectivity index (χ2v) is 5.17. The Morgan fingerprint density at radius 2 is 2.16 bits per heavy atom. The first-order valence-electron chi connectivity index (χ1n) is 6.85. The van der Waals surface area contributed by atoms with E-state index in [-0.39, 0.29) is 17.9 Å². The summed E-state index contributed by atoms with van der Waals surface area (Å²) in [5.41, 5.74) is 2.56. The Kier molecular flexibility index (Phi) is 4.93. The highest BCUT2D eigenvalue weighted by molar-refractivity contribution is 5.77. The van der Waals surface area contributed by atoms with Crippen LogP contribution in [0.25, 0.3) is 0 Å². The van der Waals surface area contributed by atoms with E-state index in [1.807, 2.05) is 19.9 Å². The summed E-state index contributed by atoms with van der Waals surface area (Å²) in [6.45, 7) is 6.58. The van der Waals surface area contributed by atoms with E-state index in [4.69, 9.17) is 4.74 Å². The van der Waals surface area contributed by atoms with Crippen molar-refractivity contribution in [3.8, 4) is 0 Å². The molecule has 1 unspecified atom stereocenters. The van der Waals surface area contributed by atoms with Crippen molar-refractivity contribution >= 4 is 5.91 Å². The van der Waals surface area contributed by atoms with Gasteiger partial charge in [0.2, 0.25) is 5.91 Å². The molecule has 4 nitrogen and oxygen atoms in total. The summed E-state index contributed by atoms with van der Waals surface area (Å²) in [7, 11) is 0. The summed E-state index contributed by atoms with van der Waals surface area (Å²) in [4.78, 5) is 11.4. The molecule has 2 N–H and O–H groups in total. The van der Waals surface area contributed by atoms with Crippen LogP contribution in [0, 0.1) is 5.92 Å². The fourth-order valence-electron chi connectivity index (χ4n) is 2.19. The average molecular weight is 262 g/mol. The quantitative estimate of drug-likeness (QED) is 0.793. The van der Waals surface area contributed by atoms with Gasteiger partial charge in [0, 0.05) is 19.0 Å². The molecule has 1 aliphatic heterocycles. The van der Waals surface area contributed by atoms with Crippen LogP contribution >= 0.6 is 0 Å². The number of hydrogen-bond donors (Lipinski definition) is 2. The topological polar surface area (TPSA) is 50.4 Å². The van der Waals surface area contributed by atoms with Gasteiger partial charge in [-0.05, 0) is 11.1 Å². The lowest BCUT2D eigenvalue weighted by molar-refractivity contribution is -0.123. The summed E-state index contributed by atoms with van der Waals surface area (Å²) >= 11 is 0. The van der Waals surface area contributed by atoms with Crippen LogP contribution in [0.15, 0.2) is 24.3 Å². The number of carbonyl (C=O) groups excluding carboxylic acids is 1. The van der Waals surface area contributed by atoms with E-state index >= 15 is 0 Å². The molecule has 19 heavy (non-hydrogen) atoms. The molecule has 4 heteroatoms. The van der Waals surface area contributed by atoms with Crippen LogP contribution in [-0.2, 0) is 16.1 Å². The lowest BCUT2D eigenvalue weighted by atomic mass is 9.99. The molecule has 1 atom stereocenters. The maximum atomic E-state index is 11.4. The fourth-order valence-corrected chi connectivity index (χ4v) is 2.19. The normalized spacial score (nSPS) is 18.2. The number of fused-ring (bicyclic) bond motifs is 1. The second kappa shape index (κ2) is 6.68. The molecular formula is C15H22N2O2. The molecule has 1 amide bonds. The third-order valence-electron chi connectivity index (χ3n) is 3.31. The van der Waals surface area contributed by atoms with Gasteiger partial charge in [-0.1, -0.05) is 38.1 Å². The molecule has 0 radical (unpaired) electrons. The summed E-state index contributed by atoms with van der Waals surface area (Å²) in [5.74, 6) is 0.140. The van der Waals surface area contributed by atoms with Crippen LogP contribution in [0.5, 0.6) is 0 Å². The molecule has 0 bridgehead atoms. The minimum Gasteiger partial charge on any atom is -0.375 e. The predicted molar refractivity (Wildman–Crippen MR) is 74.7 cm³/mol. The lowest BCUT2D eigenvalue weighted by Gasteiger charge is -2.26. The number of carbonyl (C=O) groups is 1. The molecule has 0 fully saturated rings. The molecule has 0 aromatic heterocycles. The summed E-state index contributed by atoms with van der Waals surface area (Å²) in [6, 6.07) is 8.56. The van der Waals surface area contributed by atoms with Crippen molar-refractivity contribution < 1.29 is 9.53 Å². The van der Waals surface area contributed by atoms with E-state index in [0.717, 1.165) is 6.54 Å². The Morgan fingerprint density at radius 3 is 2.95 bits per heavy atom. The van der Waals surface area contributed by atoms with Crippen molar-refractivity contribution in [1.29, 1.82) is 0 Å². The second-order valence-electron chi connectivity index (χ2n) is 5.17. The zero-order valence-electron chi connectivity index (χ0n) is 11.6. The Labute approximate surface area is 114 Å². The SMILES string of the molecule is CC(C)C(=O)NCCNC1COCc2ccccc21. The fraction of sp³-hybridized carbons (Fsp3) is 0.533. The van der Waals surface area contributed by atoms with Crippen LogP contribution in [0.1, 0.15) is 31.0 Å². The van der Waals surface area contributed by atoms with Gasteiger partial charge < -0.3 is 15.4 Å². The first kappa shape index (κ1) is 14.0. The number of hydrogen-bond acceptors (Lipinski definition) is 3. The van der Waals surface area contributed by atoms with E-state index in [0.29, 0.717) is 19.8 Å². The van der Waals surface area contributed by atoms with Crippen molar-refractivity contribution in [2.75, 3.05) is 19.7 Å². The maximum Gasteiger partial charge on any atom is 0.222 e. The molecule has 0 aliphatic carbocycles. The highest BCUT2D eigenvalue weighted by Gasteiger charge is 2.19. The minimum absolute atomic E-state index is 0.0405. The van der Waals surface area contributed by atoms with E-state index in [1.54, 1.807) is 0 Å². The van der Waals surface area contributed by atoms with Gasteiger partial charge in [-0.2, -0.15) is 0 Å². The Bertz CT molecular complexity index is 432. The molecule has 1 aromatic rings. The van der Waals surface area contributed by atoms with Crippen LogP contribution in [0.2, 0.25) is 0 Å². The maximum absolute atomic E-state index is 11.4. The molecular weight excluding hydrogens is 240 g/mol. The standard InChI is InChI=1S/C15H22N2O2/c1-11(2)15(18)17-8-7-16-14-10-19-9-12-5-3-4-6-13(12)14/h3-6,11,14,16H,7-10H2,1-2H3,(H,17,18). The first-order chi connectivity index (χ1) is 9.18. The van der Waals surface area contributed by atoms with Gasteiger partial charge in [0.25, 0.3) is 0 Å². The molecule has 104 valence electrons. The molecule has 0 spiro atoms. The highest BCUT2D eigenvalue weighted by Crippen LogP contribution is 2.23. The van der Waals surface area contributed by atoms with E-state index in [9.17, 15) is 4.79 Å². The van der Waals surface area contributed by atoms with Gasteiger partial charge in [-0.15, -0.1) is 0 Å². The zero-order chi connectivity index (χ0) is 13.7. The summed E-state index contributed by atoms with van der Waals surface area (Å²) in [6.07, 6.45) is 0. The molecule has 0 saturated heterocycles. The lowest BCUT2D eigenvalue weighted by Crippen LogP contribution is -2.37. The van der Waals surface area contributed by atoms with Gasteiger partial charge in [0.05, 0.1) is 19.3 Å². The Hall–Kier alpha value is -1.39.